The van der Waals surface area contributed by atoms with Crippen molar-refractivity contribution in [2.45, 2.75) is 12.5 Å². The highest BCUT2D eigenvalue weighted by atomic mass is 32.2. The highest BCUT2D eigenvalue weighted by Crippen LogP contribution is 2.38. The van der Waals surface area contributed by atoms with E-state index < -0.39 is 16.1 Å². The Bertz CT molecular complexity index is 893. The van der Waals surface area contributed by atoms with Crippen LogP contribution in [0.5, 0.6) is 11.5 Å². The molecule has 1 aliphatic heterocycles. The second-order valence-corrected chi connectivity index (χ2v) is 7.43. The fourth-order valence-electron chi connectivity index (χ4n) is 2.77. The van der Waals surface area contributed by atoms with Gasteiger partial charge >= 0.3 is 0 Å². The molecule has 0 unspecified atom stereocenters. The SMILES string of the molecule is COc1cccc(C2=NN(S(C)(=O)=O)[C@H](c3ccccc3O)C2)c1. The van der Waals surface area contributed by atoms with Gasteiger partial charge in [-0.1, -0.05) is 30.3 Å². The van der Waals surface area contributed by atoms with E-state index in [-0.39, 0.29) is 5.75 Å². The number of aromatic hydroxyl groups is 1. The van der Waals surface area contributed by atoms with Gasteiger partial charge in [0.1, 0.15) is 11.5 Å². The van der Waals surface area contributed by atoms with Crippen molar-refractivity contribution in [3.8, 4) is 11.5 Å². The summed E-state index contributed by atoms with van der Waals surface area (Å²) >= 11 is 0. The van der Waals surface area contributed by atoms with Crippen LogP contribution in [0, 0.1) is 0 Å². The van der Waals surface area contributed by atoms with Crippen LogP contribution in [-0.2, 0) is 10.0 Å². The van der Waals surface area contributed by atoms with Crippen LogP contribution in [0.15, 0.2) is 53.6 Å². The van der Waals surface area contributed by atoms with Gasteiger partial charge < -0.3 is 9.84 Å². The summed E-state index contributed by atoms with van der Waals surface area (Å²) in [5.74, 6) is 0.727. The largest absolute Gasteiger partial charge is 0.508 e. The van der Waals surface area contributed by atoms with Gasteiger partial charge in [-0.15, -0.1) is 0 Å². The first-order valence-corrected chi connectivity index (χ1v) is 9.24. The van der Waals surface area contributed by atoms with Gasteiger partial charge in [0.05, 0.1) is 25.1 Å². The highest BCUT2D eigenvalue weighted by molar-refractivity contribution is 7.88. The molecule has 2 aromatic rings. The van der Waals surface area contributed by atoms with Gasteiger partial charge in [-0.05, 0) is 18.2 Å². The van der Waals surface area contributed by atoms with Crippen LogP contribution in [0.1, 0.15) is 23.6 Å². The van der Waals surface area contributed by atoms with Crippen LogP contribution >= 0.6 is 0 Å². The van der Waals surface area contributed by atoms with E-state index >= 15 is 0 Å². The second-order valence-electron chi connectivity index (χ2n) is 5.59. The number of rotatable bonds is 4. The second kappa shape index (κ2) is 6.16. The van der Waals surface area contributed by atoms with Gasteiger partial charge in [0.25, 0.3) is 0 Å². The van der Waals surface area contributed by atoms with E-state index in [1.54, 1.807) is 31.4 Å². The van der Waals surface area contributed by atoms with Crippen molar-refractivity contribution in [3.63, 3.8) is 0 Å². The minimum Gasteiger partial charge on any atom is -0.508 e. The predicted molar refractivity (Wildman–Crippen MR) is 91.7 cm³/mol. The number of methoxy groups -OCH3 is 1. The number of sulfonamides is 1. The molecule has 0 radical (unpaired) electrons. The average Bonchev–Trinajstić information content (AvgIpc) is 3.01. The molecule has 0 amide bonds. The smallest absolute Gasteiger partial charge is 0.247 e. The van der Waals surface area contributed by atoms with E-state index in [1.165, 1.54) is 0 Å². The maximum absolute atomic E-state index is 12.1. The van der Waals surface area contributed by atoms with E-state index in [9.17, 15) is 13.5 Å². The molecule has 1 N–H and O–H groups in total. The number of nitrogens with zero attached hydrogens (tertiary/aromatic N) is 2. The van der Waals surface area contributed by atoms with Crippen LogP contribution in [0.4, 0.5) is 0 Å². The van der Waals surface area contributed by atoms with Crippen LogP contribution in [0.3, 0.4) is 0 Å². The highest BCUT2D eigenvalue weighted by Gasteiger charge is 2.35. The average molecular weight is 346 g/mol. The quantitative estimate of drug-likeness (QED) is 0.922. The third-order valence-corrected chi connectivity index (χ3v) is 4.93. The van der Waals surface area contributed by atoms with Gasteiger partial charge in [-0.2, -0.15) is 9.52 Å². The first-order valence-electron chi connectivity index (χ1n) is 7.39. The van der Waals surface area contributed by atoms with E-state index in [0.29, 0.717) is 23.4 Å². The number of para-hydroxylation sites is 1. The van der Waals surface area contributed by atoms with Crippen molar-refractivity contribution in [2.24, 2.45) is 5.10 Å². The lowest BCUT2D eigenvalue weighted by molar-refractivity contribution is 0.361. The Morgan fingerprint density at radius 2 is 1.96 bits per heavy atom. The molecule has 0 bridgehead atoms. The Morgan fingerprint density at radius 1 is 1.21 bits per heavy atom. The maximum atomic E-state index is 12.1. The summed E-state index contributed by atoms with van der Waals surface area (Å²) in [6, 6.07) is 13.5. The summed E-state index contributed by atoms with van der Waals surface area (Å²) in [5.41, 5.74) is 1.96. The van der Waals surface area contributed by atoms with Crippen molar-refractivity contribution < 1.29 is 18.3 Å². The monoisotopic (exact) mass is 346 g/mol. The minimum absolute atomic E-state index is 0.0539. The molecule has 126 valence electrons. The van der Waals surface area contributed by atoms with Gasteiger partial charge in [-0.3, -0.25) is 0 Å². The molecule has 0 aromatic heterocycles. The Labute approximate surface area is 141 Å². The summed E-state index contributed by atoms with van der Waals surface area (Å²) in [6.07, 6.45) is 1.48. The summed E-state index contributed by atoms with van der Waals surface area (Å²) in [4.78, 5) is 0. The Hall–Kier alpha value is -2.54. The number of hydrazone groups is 1. The number of ether oxygens (including phenoxy) is 1. The lowest BCUT2D eigenvalue weighted by atomic mass is 9.98. The van der Waals surface area contributed by atoms with E-state index in [4.69, 9.17) is 4.74 Å². The first-order chi connectivity index (χ1) is 11.4. The molecule has 1 aliphatic rings. The molecule has 0 fully saturated rings. The molecule has 0 saturated carbocycles. The molecule has 2 aromatic carbocycles. The molecule has 1 heterocycles. The van der Waals surface area contributed by atoms with Crippen molar-refractivity contribution >= 4 is 15.7 Å². The van der Waals surface area contributed by atoms with Crippen LogP contribution in [-0.4, -0.2) is 37.0 Å². The standard InChI is InChI=1S/C17H18N2O4S/c1-23-13-7-5-6-12(10-13)15-11-16(19(18-15)24(2,21)22)14-8-3-4-9-17(14)20/h3-10,16,20H,11H2,1-2H3/t16-/m0/s1. The van der Waals surface area contributed by atoms with Crippen molar-refractivity contribution in [1.82, 2.24) is 4.41 Å². The number of hydrogen-bond acceptors (Lipinski definition) is 5. The topological polar surface area (TPSA) is 79.2 Å². The molecule has 0 aliphatic carbocycles. The summed E-state index contributed by atoms with van der Waals surface area (Å²) in [5, 5.41) is 14.4. The van der Waals surface area contributed by atoms with Crippen molar-refractivity contribution in [3.05, 3.63) is 59.7 Å². The molecule has 7 heteroatoms. The van der Waals surface area contributed by atoms with E-state index in [2.05, 4.69) is 5.10 Å². The fourth-order valence-corrected chi connectivity index (χ4v) is 3.67. The van der Waals surface area contributed by atoms with Gasteiger partial charge in [-0.25, -0.2) is 8.42 Å². The summed E-state index contributed by atoms with van der Waals surface area (Å²) in [6.45, 7) is 0. The third kappa shape index (κ3) is 3.07. The Morgan fingerprint density at radius 3 is 2.62 bits per heavy atom. The molecule has 6 nitrogen and oxygen atoms in total. The molecular formula is C17H18N2O4S. The van der Waals surface area contributed by atoms with Gasteiger partial charge in [0, 0.05) is 17.5 Å². The number of phenolic OH excluding ortho intramolecular Hbond substituents is 1. The Kier molecular flexibility index (Phi) is 4.19. The summed E-state index contributed by atoms with van der Waals surface area (Å²) < 4.78 is 30.6. The zero-order chi connectivity index (χ0) is 17.3. The molecule has 3 rings (SSSR count). The first kappa shape index (κ1) is 16.3. The number of phenols is 1. The zero-order valence-electron chi connectivity index (χ0n) is 13.4. The van der Waals surface area contributed by atoms with Crippen LogP contribution in [0.2, 0.25) is 0 Å². The normalized spacial score (nSPS) is 17.7. The lowest BCUT2D eigenvalue weighted by Crippen LogP contribution is -2.25. The molecule has 0 saturated heterocycles. The van der Waals surface area contributed by atoms with E-state index in [0.717, 1.165) is 16.2 Å². The predicted octanol–water partition coefficient (Wildman–Crippen LogP) is 2.51. The number of hydrogen-bond donors (Lipinski definition) is 1. The molecule has 1 atom stereocenters. The van der Waals surface area contributed by atoms with Crippen molar-refractivity contribution in [1.29, 1.82) is 0 Å². The van der Waals surface area contributed by atoms with Gasteiger partial charge in [0.15, 0.2) is 0 Å². The maximum Gasteiger partial charge on any atom is 0.247 e. The van der Waals surface area contributed by atoms with Gasteiger partial charge in [0.2, 0.25) is 10.0 Å². The fraction of sp³-hybridized carbons (Fsp3) is 0.235. The molecule has 24 heavy (non-hydrogen) atoms. The Balaban J connectivity index is 2.04. The van der Waals surface area contributed by atoms with Crippen LogP contribution in [0.25, 0.3) is 0 Å². The lowest BCUT2D eigenvalue weighted by Gasteiger charge is -2.22. The minimum atomic E-state index is -3.57. The number of benzene rings is 2. The molecule has 0 spiro atoms. The van der Waals surface area contributed by atoms with Crippen LogP contribution < -0.4 is 4.74 Å². The van der Waals surface area contributed by atoms with Crippen molar-refractivity contribution in [2.75, 3.05) is 13.4 Å². The van der Waals surface area contributed by atoms with E-state index in [1.807, 2.05) is 24.3 Å². The summed E-state index contributed by atoms with van der Waals surface area (Å²) in [7, 11) is -2.00. The zero-order valence-corrected chi connectivity index (χ0v) is 14.2. The molecular weight excluding hydrogens is 328 g/mol. The third-order valence-electron chi connectivity index (χ3n) is 3.91.